The van der Waals surface area contributed by atoms with Gasteiger partial charge in [0, 0.05) is 5.92 Å². The third kappa shape index (κ3) is 1.86. The standard InChI is InChI=1S/C9H10BrClN2O/c1-4(11)8-12-7(5-2-3-5)6(10)9(14)13-8/h4-5H,2-3H2,1H3,(H,12,13,14). The minimum Gasteiger partial charge on any atom is -0.308 e. The van der Waals surface area contributed by atoms with Crippen LogP contribution in [-0.4, -0.2) is 9.97 Å². The summed E-state index contributed by atoms with van der Waals surface area (Å²) in [6.45, 7) is 1.80. The van der Waals surface area contributed by atoms with Gasteiger partial charge in [-0.15, -0.1) is 11.6 Å². The first-order valence-corrected chi connectivity index (χ1v) is 5.76. The molecule has 0 bridgehead atoms. The minimum atomic E-state index is -0.256. The summed E-state index contributed by atoms with van der Waals surface area (Å²) >= 11 is 9.13. The molecule has 2 rings (SSSR count). The third-order valence-electron chi connectivity index (χ3n) is 2.25. The van der Waals surface area contributed by atoms with E-state index in [-0.39, 0.29) is 10.9 Å². The van der Waals surface area contributed by atoms with E-state index in [1.165, 1.54) is 0 Å². The van der Waals surface area contributed by atoms with Crippen molar-refractivity contribution in [3.63, 3.8) is 0 Å². The summed E-state index contributed by atoms with van der Waals surface area (Å²) in [5.74, 6) is 1.00. The Morgan fingerprint density at radius 1 is 1.64 bits per heavy atom. The lowest BCUT2D eigenvalue weighted by molar-refractivity contribution is 0.839. The molecule has 76 valence electrons. The van der Waals surface area contributed by atoms with Crippen LogP contribution < -0.4 is 5.56 Å². The topological polar surface area (TPSA) is 45.8 Å². The van der Waals surface area contributed by atoms with Crippen LogP contribution in [0, 0.1) is 0 Å². The molecule has 1 saturated carbocycles. The molecule has 1 atom stereocenters. The largest absolute Gasteiger partial charge is 0.308 e. The Hall–Kier alpha value is -0.350. The predicted octanol–water partition coefficient (Wildman–Crippen LogP) is 2.71. The van der Waals surface area contributed by atoms with Crippen LogP contribution >= 0.6 is 27.5 Å². The average Bonchev–Trinajstić information content (AvgIpc) is 2.92. The molecule has 3 nitrogen and oxygen atoms in total. The highest BCUT2D eigenvalue weighted by molar-refractivity contribution is 9.10. The Bertz CT molecular complexity index is 412. The SMILES string of the molecule is CC(Cl)c1nc(C2CC2)c(Br)c(=O)[nH]1. The first-order valence-electron chi connectivity index (χ1n) is 4.53. The fraction of sp³-hybridized carbons (Fsp3) is 0.556. The lowest BCUT2D eigenvalue weighted by Crippen LogP contribution is -2.15. The molecule has 1 aromatic rings. The van der Waals surface area contributed by atoms with Gasteiger partial charge in [0.1, 0.15) is 10.3 Å². The van der Waals surface area contributed by atoms with Gasteiger partial charge in [0.15, 0.2) is 0 Å². The molecule has 1 fully saturated rings. The van der Waals surface area contributed by atoms with Crippen molar-refractivity contribution in [2.45, 2.75) is 31.1 Å². The lowest BCUT2D eigenvalue weighted by atomic mass is 10.2. The highest BCUT2D eigenvalue weighted by Gasteiger charge is 2.29. The van der Waals surface area contributed by atoms with Crippen molar-refractivity contribution >= 4 is 27.5 Å². The zero-order valence-corrected chi connectivity index (χ0v) is 10.0. The quantitative estimate of drug-likeness (QED) is 0.845. The normalized spacial score (nSPS) is 18.2. The number of alkyl halides is 1. The van der Waals surface area contributed by atoms with Crippen LogP contribution in [0.5, 0.6) is 0 Å². The summed E-state index contributed by atoms with van der Waals surface area (Å²) < 4.78 is 0.557. The predicted molar refractivity (Wildman–Crippen MR) is 58.8 cm³/mol. The Kier molecular flexibility index (Phi) is 2.66. The highest BCUT2D eigenvalue weighted by Crippen LogP contribution is 2.41. The van der Waals surface area contributed by atoms with Crippen molar-refractivity contribution in [3.8, 4) is 0 Å². The Morgan fingerprint density at radius 3 is 2.79 bits per heavy atom. The van der Waals surface area contributed by atoms with E-state index in [9.17, 15) is 4.79 Å². The van der Waals surface area contributed by atoms with E-state index in [4.69, 9.17) is 11.6 Å². The van der Waals surface area contributed by atoms with Crippen LogP contribution in [0.1, 0.15) is 42.6 Å². The van der Waals surface area contributed by atoms with E-state index >= 15 is 0 Å². The molecule has 1 aromatic heterocycles. The van der Waals surface area contributed by atoms with Gasteiger partial charge < -0.3 is 4.98 Å². The number of aromatic nitrogens is 2. The summed E-state index contributed by atoms with van der Waals surface area (Å²) in [6.07, 6.45) is 2.23. The van der Waals surface area contributed by atoms with Crippen molar-refractivity contribution in [2.75, 3.05) is 0 Å². The lowest BCUT2D eigenvalue weighted by Gasteiger charge is -2.06. The zero-order valence-electron chi connectivity index (χ0n) is 7.68. The summed E-state index contributed by atoms with van der Waals surface area (Å²) in [6, 6.07) is 0. The molecular weight excluding hydrogens is 267 g/mol. The van der Waals surface area contributed by atoms with Crippen LogP contribution in [-0.2, 0) is 0 Å². The van der Waals surface area contributed by atoms with Crippen molar-refractivity contribution in [2.24, 2.45) is 0 Å². The van der Waals surface area contributed by atoms with Crippen molar-refractivity contribution in [1.29, 1.82) is 0 Å². The molecule has 1 unspecified atom stereocenters. The van der Waals surface area contributed by atoms with Crippen molar-refractivity contribution in [3.05, 3.63) is 26.3 Å². The molecule has 14 heavy (non-hydrogen) atoms. The van der Waals surface area contributed by atoms with Crippen LogP contribution in [0.15, 0.2) is 9.27 Å². The maximum atomic E-state index is 11.5. The minimum absolute atomic E-state index is 0.135. The molecule has 5 heteroatoms. The molecule has 1 N–H and O–H groups in total. The van der Waals surface area contributed by atoms with Gasteiger partial charge in [-0.2, -0.15) is 0 Å². The van der Waals surface area contributed by atoms with Crippen LogP contribution in [0.25, 0.3) is 0 Å². The second kappa shape index (κ2) is 3.66. The van der Waals surface area contributed by atoms with Gasteiger partial charge in [0.05, 0.1) is 11.1 Å². The Balaban J connectivity index is 2.52. The molecule has 0 spiro atoms. The molecule has 1 heterocycles. The fourth-order valence-electron chi connectivity index (χ4n) is 1.31. The molecular formula is C9H10BrClN2O. The zero-order chi connectivity index (χ0) is 10.3. The first kappa shape index (κ1) is 10.2. The third-order valence-corrected chi connectivity index (χ3v) is 3.22. The molecule has 1 aliphatic carbocycles. The van der Waals surface area contributed by atoms with Gasteiger partial charge in [0.25, 0.3) is 5.56 Å². The molecule has 0 radical (unpaired) electrons. The summed E-state index contributed by atoms with van der Waals surface area (Å²) in [7, 11) is 0. The average molecular weight is 278 g/mol. The van der Waals surface area contributed by atoms with Gasteiger partial charge in [-0.3, -0.25) is 4.79 Å². The van der Waals surface area contributed by atoms with E-state index in [0.29, 0.717) is 16.2 Å². The van der Waals surface area contributed by atoms with E-state index in [1.54, 1.807) is 6.92 Å². The maximum Gasteiger partial charge on any atom is 0.265 e. The number of hydrogen-bond donors (Lipinski definition) is 1. The number of aromatic amines is 1. The number of nitrogens with zero attached hydrogens (tertiary/aromatic N) is 1. The smallest absolute Gasteiger partial charge is 0.265 e. The van der Waals surface area contributed by atoms with Crippen LogP contribution in [0.3, 0.4) is 0 Å². The summed E-state index contributed by atoms with van der Waals surface area (Å²) in [4.78, 5) is 18.5. The molecule has 0 aliphatic heterocycles. The van der Waals surface area contributed by atoms with E-state index in [0.717, 1.165) is 18.5 Å². The molecule has 0 aromatic carbocycles. The number of nitrogens with one attached hydrogen (secondary N) is 1. The van der Waals surface area contributed by atoms with E-state index < -0.39 is 0 Å². The first-order chi connectivity index (χ1) is 6.59. The second-order valence-corrected chi connectivity index (χ2v) is 4.99. The van der Waals surface area contributed by atoms with Crippen molar-refractivity contribution < 1.29 is 0 Å². The van der Waals surface area contributed by atoms with Gasteiger partial charge in [-0.05, 0) is 35.7 Å². The van der Waals surface area contributed by atoms with Gasteiger partial charge >= 0.3 is 0 Å². The van der Waals surface area contributed by atoms with Gasteiger partial charge in [0.2, 0.25) is 0 Å². The Morgan fingerprint density at radius 2 is 2.29 bits per heavy atom. The number of halogens is 2. The van der Waals surface area contributed by atoms with Crippen LogP contribution in [0.4, 0.5) is 0 Å². The van der Waals surface area contributed by atoms with E-state index in [1.807, 2.05) is 0 Å². The number of H-pyrrole nitrogens is 1. The maximum absolute atomic E-state index is 11.5. The Labute approximate surface area is 95.0 Å². The second-order valence-electron chi connectivity index (χ2n) is 3.54. The van der Waals surface area contributed by atoms with Gasteiger partial charge in [-0.1, -0.05) is 0 Å². The molecule has 1 aliphatic rings. The summed E-state index contributed by atoms with van der Waals surface area (Å²) in [5, 5.41) is -0.256. The van der Waals surface area contributed by atoms with Crippen molar-refractivity contribution in [1.82, 2.24) is 9.97 Å². The number of rotatable bonds is 2. The van der Waals surface area contributed by atoms with Gasteiger partial charge in [-0.25, -0.2) is 4.98 Å². The summed E-state index contributed by atoms with van der Waals surface area (Å²) in [5.41, 5.74) is 0.723. The molecule has 0 saturated heterocycles. The fourth-order valence-corrected chi connectivity index (χ4v) is 1.92. The molecule has 0 amide bonds. The monoisotopic (exact) mass is 276 g/mol. The highest BCUT2D eigenvalue weighted by atomic mass is 79.9. The number of hydrogen-bond acceptors (Lipinski definition) is 2. The van der Waals surface area contributed by atoms with E-state index in [2.05, 4.69) is 25.9 Å². The van der Waals surface area contributed by atoms with Crippen LogP contribution in [0.2, 0.25) is 0 Å².